The molecule has 0 radical (unpaired) electrons. The molecule has 2 heterocycles. The standard InChI is InChI=1S/C20H21NO5/c1-12-6-7-13(2)14(11-12)18(22)16-17(15-5-4-9-26-15)21(8-10-25-3)20(24)19(16)23/h4-7,9,11,17,22H,8,10H2,1-3H3. The number of ether oxygens (including phenoxy) is 1. The van der Waals surface area contributed by atoms with Crippen LogP contribution >= 0.6 is 0 Å². The first-order valence-electron chi connectivity index (χ1n) is 8.34. The number of hydrogen-bond donors (Lipinski definition) is 1. The highest BCUT2D eigenvalue weighted by Crippen LogP contribution is 2.39. The summed E-state index contributed by atoms with van der Waals surface area (Å²) in [7, 11) is 1.52. The molecule has 1 saturated heterocycles. The van der Waals surface area contributed by atoms with Crippen molar-refractivity contribution in [3.05, 3.63) is 64.6 Å². The molecule has 1 fully saturated rings. The van der Waals surface area contributed by atoms with Gasteiger partial charge in [0.1, 0.15) is 17.6 Å². The molecule has 1 aromatic heterocycles. The van der Waals surface area contributed by atoms with E-state index in [4.69, 9.17) is 9.15 Å². The summed E-state index contributed by atoms with van der Waals surface area (Å²) >= 11 is 0. The molecule has 6 nitrogen and oxygen atoms in total. The van der Waals surface area contributed by atoms with Crippen LogP contribution in [0.3, 0.4) is 0 Å². The lowest BCUT2D eigenvalue weighted by atomic mass is 9.96. The highest BCUT2D eigenvalue weighted by atomic mass is 16.5. The summed E-state index contributed by atoms with van der Waals surface area (Å²) in [6.45, 7) is 4.23. The molecule has 6 heteroatoms. The van der Waals surface area contributed by atoms with E-state index in [1.165, 1.54) is 18.3 Å². The van der Waals surface area contributed by atoms with E-state index in [9.17, 15) is 14.7 Å². The van der Waals surface area contributed by atoms with Crippen molar-refractivity contribution in [3.8, 4) is 0 Å². The largest absolute Gasteiger partial charge is 0.507 e. The van der Waals surface area contributed by atoms with Crippen LogP contribution in [0.4, 0.5) is 0 Å². The molecule has 1 amide bonds. The maximum atomic E-state index is 12.7. The number of likely N-dealkylation sites (tertiary alicyclic amines) is 1. The van der Waals surface area contributed by atoms with E-state index in [-0.39, 0.29) is 24.5 Å². The lowest BCUT2D eigenvalue weighted by Crippen LogP contribution is -2.32. The van der Waals surface area contributed by atoms with Crippen LogP contribution in [0, 0.1) is 13.8 Å². The third-order valence-electron chi connectivity index (χ3n) is 4.54. The molecular weight excluding hydrogens is 334 g/mol. The van der Waals surface area contributed by atoms with Crippen LogP contribution in [0.1, 0.15) is 28.5 Å². The van der Waals surface area contributed by atoms with Crippen molar-refractivity contribution in [2.75, 3.05) is 20.3 Å². The van der Waals surface area contributed by atoms with Gasteiger partial charge in [-0.2, -0.15) is 0 Å². The van der Waals surface area contributed by atoms with Crippen molar-refractivity contribution in [1.82, 2.24) is 4.90 Å². The fraction of sp³-hybridized carbons (Fsp3) is 0.300. The Morgan fingerprint density at radius 1 is 1.27 bits per heavy atom. The Morgan fingerprint density at radius 2 is 2.04 bits per heavy atom. The molecule has 1 aliphatic heterocycles. The van der Waals surface area contributed by atoms with Crippen LogP contribution in [0.2, 0.25) is 0 Å². The predicted molar refractivity (Wildman–Crippen MR) is 95.5 cm³/mol. The molecule has 0 aliphatic carbocycles. The zero-order valence-corrected chi connectivity index (χ0v) is 15.0. The maximum absolute atomic E-state index is 12.7. The minimum Gasteiger partial charge on any atom is -0.507 e. The van der Waals surface area contributed by atoms with Gasteiger partial charge in [0.25, 0.3) is 11.7 Å². The smallest absolute Gasteiger partial charge is 0.295 e. The van der Waals surface area contributed by atoms with Crippen LogP contribution < -0.4 is 0 Å². The van der Waals surface area contributed by atoms with Crippen molar-refractivity contribution in [3.63, 3.8) is 0 Å². The van der Waals surface area contributed by atoms with Gasteiger partial charge in [-0.05, 0) is 37.6 Å². The molecule has 136 valence electrons. The van der Waals surface area contributed by atoms with Crippen LogP contribution in [0.15, 0.2) is 46.6 Å². The maximum Gasteiger partial charge on any atom is 0.295 e. The Morgan fingerprint density at radius 3 is 2.69 bits per heavy atom. The first kappa shape index (κ1) is 17.9. The number of aliphatic hydroxyl groups is 1. The fourth-order valence-electron chi connectivity index (χ4n) is 3.18. The molecule has 3 rings (SSSR count). The van der Waals surface area contributed by atoms with E-state index in [1.54, 1.807) is 18.2 Å². The summed E-state index contributed by atoms with van der Waals surface area (Å²) in [4.78, 5) is 26.6. The highest BCUT2D eigenvalue weighted by molar-refractivity contribution is 6.46. The summed E-state index contributed by atoms with van der Waals surface area (Å²) in [5.41, 5.74) is 2.33. The highest BCUT2D eigenvalue weighted by Gasteiger charge is 2.47. The van der Waals surface area contributed by atoms with Crippen molar-refractivity contribution >= 4 is 17.4 Å². The van der Waals surface area contributed by atoms with Gasteiger partial charge in [0.15, 0.2) is 0 Å². The summed E-state index contributed by atoms with van der Waals surface area (Å²) in [5, 5.41) is 10.9. The summed E-state index contributed by atoms with van der Waals surface area (Å²) in [5.74, 6) is -1.16. The Balaban J connectivity index is 2.17. The lowest BCUT2D eigenvalue weighted by Gasteiger charge is -2.23. The number of aliphatic hydroxyl groups excluding tert-OH is 1. The summed E-state index contributed by atoms with van der Waals surface area (Å²) in [6.07, 6.45) is 1.48. The average molecular weight is 355 g/mol. The van der Waals surface area contributed by atoms with Gasteiger partial charge >= 0.3 is 0 Å². The Labute approximate surface area is 151 Å². The van der Waals surface area contributed by atoms with Crippen LogP contribution in [0.25, 0.3) is 5.76 Å². The zero-order valence-electron chi connectivity index (χ0n) is 15.0. The van der Waals surface area contributed by atoms with Gasteiger partial charge < -0.3 is 19.2 Å². The predicted octanol–water partition coefficient (Wildman–Crippen LogP) is 2.96. The van der Waals surface area contributed by atoms with E-state index in [2.05, 4.69) is 0 Å². The molecular formula is C20H21NO5. The second-order valence-corrected chi connectivity index (χ2v) is 6.32. The molecule has 1 unspecified atom stereocenters. The van der Waals surface area contributed by atoms with Gasteiger partial charge in [0.05, 0.1) is 18.4 Å². The molecule has 1 atom stereocenters. The number of carbonyl (C=O) groups is 2. The van der Waals surface area contributed by atoms with Gasteiger partial charge in [-0.1, -0.05) is 17.7 Å². The molecule has 0 bridgehead atoms. The van der Waals surface area contributed by atoms with Gasteiger partial charge in [-0.15, -0.1) is 0 Å². The van der Waals surface area contributed by atoms with Gasteiger partial charge in [0.2, 0.25) is 0 Å². The quantitative estimate of drug-likeness (QED) is 0.507. The first-order chi connectivity index (χ1) is 12.5. The SMILES string of the molecule is COCCN1C(=O)C(=O)C(=C(O)c2cc(C)ccc2C)C1c1ccco1. The summed E-state index contributed by atoms with van der Waals surface area (Å²) < 4.78 is 10.5. The first-order valence-corrected chi connectivity index (χ1v) is 8.34. The number of methoxy groups -OCH3 is 1. The van der Waals surface area contributed by atoms with E-state index in [1.807, 2.05) is 26.0 Å². The minimum absolute atomic E-state index is 0.0368. The number of carbonyl (C=O) groups excluding carboxylic acids is 2. The zero-order chi connectivity index (χ0) is 18.8. The molecule has 1 N–H and O–H groups in total. The number of Topliss-reactive ketones (excluding diaryl/α,β-unsaturated/α-hetero) is 1. The van der Waals surface area contributed by atoms with Crippen molar-refractivity contribution in [1.29, 1.82) is 0 Å². The van der Waals surface area contributed by atoms with Crippen LogP contribution in [-0.4, -0.2) is 42.0 Å². The van der Waals surface area contributed by atoms with E-state index < -0.39 is 17.7 Å². The van der Waals surface area contributed by atoms with Crippen LogP contribution in [-0.2, 0) is 14.3 Å². The second kappa shape index (κ2) is 7.17. The number of nitrogens with zero attached hydrogens (tertiary/aromatic N) is 1. The molecule has 1 aromatic carbocycles. The van der Waals surface area contributed by atoms with Gasteiger partial charge in [-0.25, -0.2) is 0 Å². The normalized spacial score (nSPS) is 19.3. The monoisotopic (exact) mass is 355 g/mol. The van der Waals surface area contributed by atoms with E-state index >= 15 is 0 Å². The lowest BCUT2D eigenvalue weighted by molar-refractivity contribution is -0.140. The van der Waals surface area contributed by atoms with Crippen molar-refractivity contribution < 1.29 is 23.8 Å². The number of aryl methyl sites for hydroxylation is 2. The molecule has 0 spiro atoms. The molecule has 26 heavy (non-hydrogen) atoms. The van der Waals surface area contributed by atoms with Gasteiger partial charge in [0, 0.05) is 19.2 Å². The molecule has 2 aromatic rings. The van der Waals surface area contributed by atoms with Crippen molar-refractivity contribution in [2.24, 2.45) is 0 Å². The number of furan rings is 1. The Bertz CT molecular complexity index is 866. The number of rotatable bonds is 5. The number of ketones is 1. The number of amides is 1. The number of benzene rings is 1. The van der Waals surface area contributed by atoms with E-state index in [0.29, 0.717) is 11.3 Å². The fourth-order valence-corrected chi connectivity index (χ4v) is 3.18. The molecule has 1 aliphatic rings. The number of hydrogen-bond acceptors (Lipinski definition) is 5. The Hall–Kier alpha value is -2.86. The summed E-state index contributed by atoms with van der Waals surface area (Å²) in [6, 6.07) is 8.18. The minimum atomic E-state index is -0.778. The van der Waals surface area contributed by atoms with Crippen molar-refractivity contribution in [2.45, 2.75) is 19.9 Å². The topological polar surface area (TPSA) is 80.0 Å². The van der Waals surface area contributed by atoms with E-state index in [0.717, 1.165) is 11.1 Å². The second-order valence-electron chi connectivity index (χ2n) is 6.32. The van der Waals surface area contributed by atoms with Gasteiger partial charge in [-0.3, -0.25) is 9.59 Å². The van der Waals surface area contributed by atoms with Crippen LogP contribution in [0.5, 0.6) is 0 Å². The Kier molecular flexibility index (Phi) is 4.95. The third-order valence-corrected chi connectivity index (χ3v) is 4.54. The third kappa shape index (κ3) is 3.04. The molecule has 0 saturated carbocycles. The average Bonchev–Trinajstić information content (AvgIpc) is 3.23.